The standard InChI is InChI=1S/C17H26F3N3O2S.HI/c1-4-21-16(22-10-6-5-9-17(18,19)20)23-12-14-7-8-15(13(2)11-14)26(3,24)25;/h7-8,11H,4-6,9-10,12H2,1-3H3,(H2,21,22,23);1H. The van der Waals surface area contributed by atoms with Crippen LogP contribution in [0.2, 0.25) is 0 Å². The van der Waals surface area contributed by atoms with Crippen molar-refractivity contribution in [2.75, 3.05) is 19.3 Å². The monoisotopic (exact) mass is 521 g/mol. The van der Waals surface area contributed by atoms with Crippen LogP contribution in [-0.2, 0) is 16.4 Å². The van der Waals surface area contributed by atoms with Crippen LogP contribution in [0.15, 0.2) is 28.1 Å². The molecule has 27 heavy (non-hydrogen) atoms. The van der Waals surface area contributed by atoms with E-state index in [1.807, 2.05) is 6.92 Å². The first kappa shape index (κ1) is 26.0. The fraction of sp³-hybridized carbons (Fsp3) is 0.588. The summed E-state index contributed by atoms with van der Waals surface area (Å²) in [5.41, 5.74) is 1.51. The number of guanidine groups is 1. The second kappa shape index (κ2) is 11.7. The van der Waals surface area contributed by atoms with Crippen LogP contribution in [0.5, 0.6) is 0 Å². The van der Waals surface area contributed by atoms with E-state index in [0.717, 1.165) is 5.56 Å². The highest BCUT2D eigenvalue weighted by molar-refractivity contribution is 14.0. The predicted octanol–water partition coefficient (Wildman–Crippen LogP) is 3.80. The van der Waals surface area contributed by atoms with Crippen molar-refractivity contribution in [3.63, 3.8) is 0 Å². The summed E-state index contributed by atoms with van der Waals surface area (Å²) in [5, 5.41) is 6.03. The van der Waals surface area contributed by atoms with E-state index < -0.39 is 22.4 Å². The van der Waals surface area contributed by atoms with E-state index in [9.17, 15) is 21.6 Å². The van der Waals surface area contributed by atoms with Gasteiger partial charge in [-0.2, -0.15) is 13.2 Å². The lowest BCUT2D eigenvalue weighted by Gasteiger charge is -2.12. The van der Waals surface area contributed by atoms with Gasteiger partial charge in [-0.05, 0) is 43.9 Å². The molecule has 2 N–H and O–H groups in total. The zero-order chi connectivity index (χ0) is 19.8. The Hall–Kier alpha value is -1.04. The Labute approximate surface area is 176 Å². The van der Waals surface area contributed by atoms with Crippen LogP contribution < -0.4 is 10.6 Å². The molecule has 0 heterocycles. The topological polar surface area (TPSA) is 70.6 Å². The van der Waals surface area contributed by atoms with Crippen molar-refractivity contribution in [3.05, 3.63) is 29.3 Å². The molecule has 0 aliphatic carbocycles. The fourth-order valence-electron chi connectivity index (χ4n) is 2.40. The van der Waals surface area contributed by atoms with Crippen LogP contribution in [0, 0.1) is 6.92 Å². The van der Waals surface area contributed by atoms with E-state index >= 15 is 0 Å². The molecule has 0 amide bonds. The zero-order valence-electron chi connectivity index (χ0n) is 15.7. The summed E-state index contributed by atoms with van der Waals surface area (Å²) < 4.78 is 59.6. The lowest BCUT2D eigenvalue weighted by Crippen LogP contribution is -2.37. The molecule has 10 heteroatoms. The number of aliphatic imine (C=N–C) groups is 1. The van der Waals surface area contributed by atoms with E-state index in [1.54, 1.807) is 25.1 Å². The van der Waals surface area contributed by atoms with Gasteiger partial charge in [-0.15, -0.1) is 24.0 Å². The van der Waals surface area contributed by atoms with E-state index in [1.165, 1.54) is 6.26 Å². The fourth-order valence-corrected chi connectivity index (χ4v) is 3.35. The average molecular weight is 521 g/mol. The number of hydrogen-bond acceptors (Lipinski definition) is 3. The Morgan fingerprint density at radius 3 is 2.37 bits per heavy atom. The van der Waals surface area contributed by atoms with Crippen molar-refractivity contribution in [3.8, 4) is 0 Å². The molecule has 156 valence electrons. The minimum atomic E-state index is -4.12. The van der Waals surface area contributed by atoms with Gasteiger partial charge in [0.2, 0.25) is 0 Å². The molecule has 0 aromatic heterocycles. The van der Waals surface area contributed by atoms with Crippen molar-refractivity contribution in [2.45, 2.75) is 50.7 Å². The highest BCUT2D eigenvalue weighted by atomic mass is 127. The molecule has 0 aliphatic rings. The Kier molecular flexibility index (Phi) is 11.3. The minimum absolute atomic E-state index is 0. The molecule has 1 aromatic rings. The predicted molar refractivity (Wildman–Crippen MR) is 112 cm³/mol. The zero-order valence-corrected chi connectivity index (χ0v) is 18.8. The summed E-state index contributed by atoms with van der Waals surface area (Å²) in [4.78, 5) is 4.68. The number of unbranched alkanes of at least 4 members (excludes halogenated alkanes) is 1. The molecule has 0 bridgehead atoms. The van der Waals surface area contributed by atoms with Crippen LogP contribution in [0.1, 0.15) is 37.3 Å². The highest BCUT2D eigenvalue weighted by Crippen LogP contribution is 2.21. The first-order valence-electron chi connectivity index (χ1n) is 8.41. The number of rotatable bonds is 8. The number of hydrogen-bond donors (Lipinski definition) is 2. The van der Waals surface area contributed by atoms with E-state index in [4.69, 9.17) is 0 Å². The second-order valence-electron chi connectivity index (χ2n) is 6.07. The maximum Gasteiger partial charge on any atom is 0.389 e. The molecule has 0 saturated carbocycles. The van der Waals surface area contributed by atoms with E-state index in [-0.39, 0.29) is 30.4 Å². The van der Waals surface area contributed by atoms with Gasteiger partial charge in [0.15, 0.2) is 15.8 Å². The SMILES string of the molecule is CCNC(=NCc1ccc(S(C)(=O)=O)c(C)c1)NCCCCC(F)(F)F.I. The summed E-state index contributed by atoms with van der Waals surface area (Å²) >= 11 is 0. The first-order valence-corrected chi connectivity index (χ1v) is 10.3. The number of benzene rings is 1. The summed E-state index contributed by atoms with van der Waals surface area (Å²) in [7, 11) is -3.26. The summed E-state index contributed by atoms with van der Waals surface area (Å²) in [5.74, 6) is 0.518. The Bertz CT molecular complexity index is 723. The van der Waals surface area contributed by atoms with Crippen LogP contribution in [0.25, 0.3) is 0 Å². The molecule has 0 aliphatic heterocycles. The third-order valence-corrected chi connectivity index (χ3v) is 4.84. The van der Waals surface area contributed by atoms with Gasteiger partial charge in [0.25, 0.3) is 0 Å². The third kappa shape index (κ3) is 10.8. The van der Waals surface area contributed by atoms with Crippen molar-refractivity contribution in [2.24, 2.45) is 4.99 Å². The number of aryl methyl sites for hydroxylation is 1. The maximum atomic E-state index is 12.1. The van der Waals surface area contributed by atoms with Gasteiger partial charge in [0.1, 0.15) is 0 Å². The largest absolute Gasteiger partial charge is 0.389 e. The number of alkyl halides is 3. The lowest BCUT2D eigenvalue weighted by molar-refractivity contribution is -0.135. The van der Waals surface area contributed by atoms with Gasteiger partial charge < -0.3 is 10.6 Å². The van der Waals surface area contributed by atoms with E-state index in [2.05, 4.69) is 15.6 Å². The number of halogens is 4. The van der Waals surface area contributed by atoms with Gasteiger partial charge in [-0.3, -0.25) is 0 Å². The Morgan fingerprint density at radius 1 is 1.19 bits per heavy atom. The molecule has 0 fully saturated rings. The molecule has 1 aromatic carbocycles. The van der Waals surface area contributed by atoms with Gasteiger partial charge in [0.05, 0.1) is 11.4 Å². The lowest BCUT2D eigenvalue weighted by atomic mass is 10.1. The Balaban J connectivity index is 0.00000676. The van der Waals surface area contributed by atoms with Crippen molar-refractivity contribution in [1.29, 1.82) is 0 Å². The second-order valence-corrected chi connectivity index (χ2v) is 8.05. The highest BCUT2D eigenvalue weighted by Gasteiger charge is 2.25. The smallest absolute Gasteiger partial charge is 0.357 e. The van der Waals surface area contributed by atoms with E-state index in [0.29, 0.717) is 42.5 Å². The first-order chi connectivity index (χ1) is 12.0. The quantitative estimate of drug-likeness (QED) is 0.236. The van der Waals surface area contributed by atoms with Crippen LogP contribution in [0.3, 0.4) is 0 Å². The number of nitrogens with zero attached hydrogens (tertiary/aromatic N) is 1. The maximum absolute atomic E-state index is 12.1. The number of sulfone groups is 1. The normalized spacial score (nSPS) is 12.4. The molecular weight excluding hydrogens is 494 g/mol. The summed E-state index contributed by atoms with van der Waals surface area (Å²) in [6.45, 7) is 4.98. The average Bonchev–Trinajstić information content (AvgIpc) is 2.49. The van der Waals surface area contributed by atoms with Gasteiger partial charge in [0, 0.05) is 25.8 Å². The molecule has 1 rings (SSSR count). The van der Waals surface area contributed by atoms with Gasteiger partial charge in [-0.25, -0.2) is 13.4 Å². The molecule has 0 radical (unpaired) electrons. The van der Waals surface area contributed by atoms with Crippen LogP contribution in [-0.4, -0.2) is 39.9 Å². The van der Waals surface area contributed by atoms with Gasteiger partial charge in [-0.1, -0.05) is 12.1 Å². The van der Waals surface area contributed by atoms with Crippen LogP contribution in [0.4, 0.5) is 13.2 Å². The Morgan fingerprint density at radius 2 is 1.85 bits per heavy atom. The van der Waals surface area contributed by atoms with Crippen LogP contribution >= 0.6 is 24.0 Å². The molecule has 0 atom stereocenters. The molecular formula is C17H27F3IN3O2S. The number of nitrogens with one attached hydrogen (secondary N) is 2. The minimum Gasteiger partial charge on any atom is -0.357 e. The van der Waals surface area contributed by atoms with Crippen molar-refractivity contribution < 1.29 is 21.6 Å². The molecule has 0 unspecified atom stereocenters. The molecule has 5 nitrogen and oxygen atoms in total. The molecule has 0 saturated heterocycles. The van der Waals surface area contributed by atoms with Crippen molar-refractivity contribution >= 4 is 39.8 Å². The van der Waals surface area contributed by atoms with Gasteiger partial charge >= 0.3 is 6.18 Å². The summed E-state index contributed by atoms with van der Waals surface area (Å²) in [6, 6.07) is 5.04. The molecule has 0 spiro atoms. The summed E-state index contributed by atoms with van der Waals surface area (Å²) in [6.07, 6.45) is -3.27. The van der Waals surface area contributed by atoms with Crippen molar-refractivity contribution in [1.82, 2.24) is 10.6 Å². The third-order valence-electron chi connectivity index (χ3n) is 3.58.